The molecule has 1 atom stereocenters. The third-order valence-electron chi connectivity index (χ3n) is 4.70. The molecule has 24 heavy (non-hydrogen) atoms. The molecule has 0 bridgehead atoms. The summed E-state index contributed by atoms with van der Waals surface area (Å²) >= 11 is 0. The summed E-state index contributed by atoms with van der Waals surface area (Å²) in [5, 5.41) is 10.7. The molecule has 1 aliphatic rings. The van der Waals surface area contributed by atoms with Gasteiger partial charge in [-0.2, -0.15) is 5.10 Å². The summed E-state index contributed by atoms with van der Waals surface area (Å²) in [6.45, 7) is 4.98. The molecule has 1 unspecified atom stereocenters. The number of nitrogens with one attached hydrogen (secondary N) is 2. The van der Waals surface area contributed by atoms with Crippen LogP contribution in [-0.2, 0) is 11.3 Å². The van der Waals surface area contributed by atoms with Gasteiger partial charge in [-0.3, -0.25) is 14.5 Å². The van der Waals surface area contributed by atoms with Crippen molar-refractivity contribution in [3.63, 3.8) is 0 Å². The fraction of sp³-hybridized carbons (Fsp3) is 0.500. The number of amides is 1. The van der Waals surface area contributed by atoms with E-state index in [0.717, 1.165) is 31.5 Å². The first-order valence-corrected chi connectivity index (χ1v) is 8.63. The molecule has 128 valence electrons. The number of piperidine rings is 1. The standard InChI is InChI=1S/C18H25N5O/c1-14(16-4-9-20-10-5-16)12-18(24)21-17-6-11-23(22-17)13-15-2-7-19-8-3-15/h2-3,6-8,11,14,16,20H,4-5,9-10,12-13H2,1H3,(H,21,22,24). The van der Waals surface area contributed by atoms with Crippen molar-refractivity contribution in [2.45, 2.75) is 32.7 Å². The number of pyridine rings is 1. The lowest BCUT2D eigenvalue weighted by atomic mass is 9.84. The Balaban J connectivity index is 1.49. The van der Waals surface area contributed by atoms with Gasteiger partial charge >= 0.3 is 0 Å². The van der Waals surface area contributed by atoms with Crippen LogP contribution in [0.2, 0.25) is 0 Å². The second-order valence-electron chi connectivity index (χ2n) is 6.57. The van der Waals surface area contributed by atoms with Crippen molar-refractivity contribution in [1.29, 1.82) is 0 Å². The SMILES string of the molecule is CC(CC(=O)Nc1ccn(Cc2ccncc2)n1)C1CCNCC1. The predicted octanol–water partition coefficient (Wildman–Crippen LogP) is 2.29. The third-order valence-corrected chi connectivity index (χ3v) is 4.70. The van der Waals surface area contributed by atoms with Gasteiger partial charge in [-0.15, -0.1) is 0 Å². The van der Waals surface area contributed by atoms with Crippen LogP contribution in [0.3, 0.4) is 0 Å². The highest BCUT2D eigenvalue weighted by Crippen LogP contribution is 2.24. The number of aromatic nitrogens is 3. The predicted molar refractivity (Wildman–Crippen MR) is 93.6 cm³/mol. The molecule has 0 aromatic carbocycles. The minimum absolute atomic E-state index is 0.0511. The van der Waals surface area contributed by atoms with E-state index in [9.17, 15) is 4.79 Å². The molecule has 0 spiro atoms. The molecule has 0 radical (unpaired) electrons. The average molecular weight is 327 g/mol. The lowest BCUT2D eigenvalue weighted by Gasteiger charge is -2.27. The number of rotatable bonds is 6. The van der Waals surface area contributed by atoms with Crippen molar-refractivity contribution >= 4 is 11.7 Å². The maximum atomic E-state index is 12.2. The smallest absolute Gasteiger partial charge is 0.225 e. The van der Waals surface area contributed by atoms with Gasteiger partial charge in [-0.25, -0.2) is 0 Å². The maximum Gasteiger partial charge on any atom is 0.225 e. The van der Waals surface area contributed by atoms with Crippen LogP contribution in [-0.4, -0.2) is 33.8 Å². The molecule has 3 rings (SSSR count). The molecule has 3 heterocycles. The van der Waals surface area contributed by atoms with E-state index in [1.807, 2.05) is 29.1 Å². The molecule has 6 nitrogen and oxygen atoms in total. The monoisotopic (exact) mass is 327 g/mol. The maximum absolute atomic E-state index is 12.2. The normalized spacial score (nSPS) is 16.7. The summed E-state index contributed by atoms with van der Waals surface area (Å²) in [7, 11) is 0. The minimum atomic E-state index is 0.0511. The van der Waals surface area contributed by atoms with Crippen molar-refractivity contribution < 1.29 is 4.79 Å². The van der Waals surface area contributed by atoms with Gasteiger partial charge in [-0.1, -0.05) is 6.92 Å². The third kappa shape index (κ3) is 4.64. The molecule has 6 heteroatoms. The molecule has 2 N–H and O–H groups in total. The number of hydrogen-bond donors (Lipinski definition) is 2. The number of hydrogen-bond acceptors (Lipinski definition) is 4. The number of carbonyl (C=O) groups is 1. The van der Waals surface area contributed by atoms with E-state index in [0.29, 0.717) is 30.6 Å². The minimum Gasteiger partial charge on any atom is -0.317 e. The van der Waals surface area contributed by atoms with E-state index in [1.54, 1.807) is 12.4 Å². The highest BCUT2D eigenvalue weighted by molar-refractivity contribution is 5.89. The molecular weight excluding hydrogens is 302 g/mol. The fourth-order valence-corrected chi connectivity index (χ4v) is 3.26. The Morgan fingerprint density at radius 3 is 2.83 bits per heavy atom. The summed E-state index contributed by atoms with van der Waals surface area (Å²) in [5.74, 6) is 1.72. The number of carbonyl (C=O) groups excluding carboxylic acids is 1. The van der Waals surface area contributed by atoms with Crippen molar-refractivity contribution in [2.24, 2.45) is 11.8 Å². The Kier molecular flexibility index (Phi) is 5.59. The van der Waals surface area contributed by atoms with Crippen LogP contribution in [0.5, 0.6) is 0 Å². The average Bonchev–Trinajstić information content (AvgIpc) is 3.03. The fourth-order valence-electron chi connectivity index (χ4n) is 3.26. The largest absolute Gasteiger partial charge is 0.317 e. The second-order valence-corrected chi connectivity index (χ2v) is 6.57. The zero-order chi connectivity index (χ0) is 16.8. The Labute approximate surface area is 142 Å². The van der Waals surface area contributed by atoms with Gasteiger partial charge < -0.3 is 10.6 Å². The molecule has 1 amide bonds. The van der Waals surface area contributed by atoms with Crippen LogP contribution < -0.4 is 10.6 Å². The Morgan fingerprint density at radius 1 is 1.33 bits per heavy atom. The molecule has 0 aliphatic carbocycles. The molecule has 1 saturated heterocycles. The van der Waals surface area contributed by atoms with Crippen LogP contribution in [0.1, 0.15) is 31.7 Å². The molecule has 0 saturated carbocycles. The van der Waals surface area contributed by atoms with Gasteiger partial charge in [0.25, 0.3) is 0 Å². The van der Waals surface area contributed by atoms with Gasteiger partial charge in [0.1, 0.15) is 0 Å². The van der Waals surface area contributed by atoms with E-state index in [4.69, 9.17) is 0 Å². The summed E-state index contributed by atoms with van der Waals surface area (Å²) in [6.07, 6.45) is 8.30. The summed E-state index contributed by atoms with van der Waals surface area (Å²) in [4.78, 5) is 16.3. The lowest BCUT2D eigenvalue weighted by Crippen LogP contribution is -2.32. The van der Waals surface area contributed by atoms with Gasteiger partial charge in [0, 0.05) is 31.1 Å². The highest BCUT2D eigenvalue weighted by Gasteiger charge is 2.22. The highest BCUT2D eigenvalue weighted by atomic mass is 16.1. The quantitative estimate of drug-likeness (QED) is 0.854. The zero-order valence-corrected chi connectivity index (χ0v) is 14.1. The Morgan fingerprint density at radius 2 is 2.08 bits per heavy atom. The first-order valence-electron chi connectivity index (χ1n) is 8.63. The first kappa shape index (κ1) is 16.6. The van der Waals surface area contributed by atoms with Crippen LogP contribution >= 0.6 is 0 Å². The van der Waals surface area contributed by atoms with E-state index < -0.39 is 0 Å². The molecule has 1 fully saturated rings. The van der Waals surface area contributed by atoms with E-state index >= 15 is 0 Å². The van der Waals surface area contributed by atoms with Crippen molar-refractivity contribution in [3.8, 4) is 0 Å². The molecule has 2 aromatic heterocycles. The number of anilines is 1. The van der Waals surface area contributed by atoms with Gasteiger partial charge in [0.15, 0.2) is 5.82 Å². The van der Waals surface area contributed by atoms with Crippen LogP contribution in [0.15, 0.2) is 36.8 Å². The molecule has 2 aromatic rings. The summed E-state index contributed by atoms with van der Waals surface area (Å²) in [5.41, 5.74) is 1.13. The van der Waals surface area contributed by atoms with Crippen molar-refractivity contribution in [2.75, 3.05) is 18.4 Å². The summed E-state index contributed by atoms with van der Waals surface area (Å²) in [6, 6.07) is 5.76. The Hall–Kier alpha value is -2.21. The van der Waals surface area contributed by atoms with Crippen molar-refractivity contribution in [1.82, 2.24) is 20.1 Å². The van der Waals surface area contributed by atoms with Crippen LogP contribution in [0, 0.1) is 11.8 Å². The van der Waals surface area contributed by atoms with E-state index in [-0.39, 0.29) is 5.91 Å². The second kappa shape index (κ2) is 8.06. The van der Waals surface area contributed by atoms with E-state index in [2.05, 4.69) is 27.6 Å². The van der Waals surface area contributed by atoms with Gasteiger partial charge in [0.2, 0.25) is 5.91 Å². The molecule has 1 aliphatic heterocycles. The van der Waals surface area contributed by atoms with Crippen LogP contribution in [0.4, 0.5) is 5.82 Å². The summed E-state index contributed by atoms with van der Waals surface area (Å²) < 4.78 is 1.82. The number of nitrogens with zero attached hydrogens (tertiary/aromatic N) is 3. The molecular formula is C18H25N5O. The van der Waals surface area contributed by atoms with Gasteiger partial charge in [0.05, 0.1) is 6.54 Å². The topological polar surface area (TPSA) is 71.8 Å². The Bertz CT molecular complexity index is 648. The first-order chi connectivity index (χ1) is 11.7. The zero-order valence-electron chi connectivity index (χ0n) is 14.1. The lowest BCUT2D eigenvalue weighted by molar-refractivity contribution is -0.117. The van der Waals surface area contributed by atoms with Crippen molar-refractivity contribution in [3.05, 3.63) is 42.4 Å². The van der Waals surface area contributed by atoms with Gasteiger partial charge in [-0.05, 0) is 55.5 Å². The van der Waals surface area contributed by atoms with E-state index in [1.165, 1.54) is 0 Å². The van der Waals surface area contributed by atoms with Crippen LogP contribution in [0.25, 0.3) is 0 Å².